The summed E-state index contributed by atoms with van der Waals surface area (Å²) in [7, 11) is 3.01. The van der Waals surface area contributed by atoms with Crippen LogP contribution in [0.1, 0.15) is 26.3 Å². The first kappa shape index (κ1) is 22.5. The van der Waals surface area contributed by atoms with Crippen molar-refractivity contribution < 1.29 is 23.9 Å². The maximum absolute atomic E-state index is 12.7. The standard InChI is InChI=1S/C19H14Cl4N2O5/c1-29-9-4-3-8(5-10(9)30-2)6-24-11(26)7-25-18(27)12-13(19(25)28)15(21)17(23)16(22)14(12)20/h3-5H,6-7H2,1-2H3,(H,24,26). The predicted octanol–water partition coefficient (Wildman–Crippen LogP) is 4.23. The summed E-state index contributed by atoms with van der Waals surface area (Å²) < 4.78 is 10.4. The number of fused-ring (bicyclic) bond motifs is 1. The summed E-state index contributed by atoms with van der Waals surface area (Å²) in [5, 5.41) is 1.99. The topological polar surface area (TPSA) is 84.9 Å². The van der Waals surface area contributed by atoms with Crippen LogP contribution in [0.25, 0.3) is 0 Å². The van der Waals surface area contributed by atoms with Gasteiger partial charge in [-0.1, -0.05) is 52.5 Å². The molecule has 0 spiro atoms. The zero-order valence-electron chi connectivity index (χ0n) is 15.6. The molecule has 158 valence electrons. The molecule has 0 radical (unpaired) electrons. The molecule has 0 saturated carbocycles. The molecule has 0 aliphatic carbocycles. The third-order valence-corrected chi connectivity index (χ3v) is 6.23. The van der Waals surface area contributed by atoms with Crippen LogP contribution in [0.3, 0.4) is 0 Å². The molecule has 1 aliphatic heterocycles. The van der Waals surface area contributed by atoms with E-state index in [-0.39, 0.29) is 37.8 Å². The van der Waals surface area contributed by atoms with Crippen LogP contribution in [0.15, 0.2) is 18.2 Å². The van der Waals surface area contributed by atoms with Crippen LogP contribution in [0.2, 0.25) is 20.1 Å². The molecule has 0 atom stereocenters. The fourth-order valence-electron chi connectivity index (χ4n) is 2.93. The molecule has 2 aromatic carbocycles. The van der Waals surface area contributed by atoms with Crippen molar-refractivity contribution in [3.8, 4) is 11.5 Å². The number of methoxy groups -OCH3 is 2. The Morgan fingerprint density at radius 1 is 0.900 bits per heavy atom. The second-order valence-electron chi connectivity index (χ2n) is 6.17. The largest absolute Gasteiger partial charge is 0.493 e. The Kier molecular flexibility index (Phi) is 6.67. The first-order valence-electron chi connectivity index (χ1n) is 8.41. The maximum atomic E-state index is 12.7. The van der Waals surface area contributed by atoms with E-state index in [9.17, 15) is 14.4 Å². The smallest absolute Gasteiger partial charge is 0.263 e. The minimum atomic E-state index is -0.776. The zero-order chi connectivity index (χ0) is 22.2. The van der Waals surface area contributed by atoms with Gasteiger partial charge in [0, 0.05) is 6.54 Å². The maximum Gasteiger partial charge on any atom is 0.263 e. The minimum absolute atomic E-state index is 0.136. The lowest BCUT2D eigenvalue weighted by Crippen LogP contribution is -2.40. The lowest BCUT2D eigenvalue weighted by Gasteiger charge is -2.14. The van der Waals surface area contributed by atoms with Crippen LogP contribution < -0.4 is 14.8 Å². The van der Waals surface area contributed by atoms with Crippen molar-refractivity contribution >= 4 is 64.1 Å². The Bertz CT molecular complexity index is 1030. The molecule has 0 saturated heterocycles. The number of nitrogens with zero attached hydrogens (tertiary/aromatic N) is 1. The Hall–Kier alpha value is -2.19. The van der Waals surface area contributed by atoms with E-state index in [1.54, 1.807) is 18.2 Å². The zero-order valence-corrected chi connectivity index (χ0v) is 18.7. The Morgan fingerprint density at radius 3 is 1.93 bits per heavy atom. The molecule has 1 heterocycles. The number of rotatable bonds is 6. The van der Waals surface area contributed by atoms with E-state index in [4.69, 9.17) is 55.9 Å². The predicted molar refractivity (Wildman–Crippen MR) is 113 cm³/mol. The molecule has 0 fully saturated rings. The summed E-state index contributed by atoms with van der Waals surface area (Å²) in [6, 6.07) is 5.14. The van der Waals surface area contributed by atoms with Crippen molar-refractivity contribution in [2.75, 3.05) is 20.8 Å². The van der Waals surface area contributed by atoms with Gasteiger partial charge in [0.2, 0.25) is 5.91 Å². The van der Waals surface area contributed by atoms with Gasteiger partial charge >= 0.3 is 0 Å². The van der Waals surface area contributed by atoms with Crippen LogP contribution in [-0.4, -0.2) is 43.4 Å². The van der Waals surface area contributed by atoms with Crippen LogP contribution in [-0.2, 0) is 11.3 Å². The Balaban J connectivity index is 1.74. The number of carbonyl (C=O) groups is 3. The number of benzene rings is 2. The normalized spacial score (nSPS) is 12.8. The first-order valence-corrected chi connectivity index (χ1v) is 9.92. The lowest BCUT2D eigenvalue weighted by molar-refractivity contribution is -0.121. The summed E-state index contributed by atoms with van der Waals surface area (Å²) in [5.41, 5.74) is 0.385. The third-order valence-electron chi connectivity index (χ3n) is 4.42. The van der Waals surface area contributed by atoms with Gasteiger partial charge in [0.05, 0.1) is 45.4 Å². The van der Waals surface area contributed by atoms with Gasteiger partial charge in [0.15, 0.2) is 11.5 Å². The molecule has 2 aromatic rings. The van der Waals surface area contributed by atoms with Crippen molar-refractivity contribution in [1.82, 2.24) is 10.2 Å². The van der Waals surface area contributed by atoms with Gasteiger partial charge in [-0.15, -0.1) is 0 Å². The van der Waals surface area contributed by atoms with Crippen molar-refractivity contribution in [1.29, 1.82) is 0 Å². The molecule has 3 amide bonds. The summed E-state index contributed by atoms with van der Waals surface area (Å²) >= 11 is 24.1. The first-order chi connectivity index (χ1) is 14.2. The molecule has 1 N–H and O–H groups in total. The van der Waals surface area contributed by atoms with Crippen LogP contribution in [0, 0.1) is 0 Å². The fraction of sp³-hybridized carbons (Fsp3) is 0.211. The molecule has 3 rings (SSSR count). The number of nitrogens with one attached hydrogen (secondary N) is 1. The van der Waals surface area contributed by atoms with Gasteiger partial charge in [-0.25, -0.2) is 0 Å². The lowest BCUT2D eigenvalue weighted by atomic mass is 10.1. The minimum Gasteiger partial charge on any atom is -0.493 e. The molecule has 1 aliphatic rings. The SMILES string of the molecule is COc1ccc(CNC(=O)CN2C(=O)c3c(Cl)c(Cl)c(Cl)c(Cl)c3C2=O)cc1OC. The monoisotopic (exact) mass is 490 g/mol. The van der Waals surface area contributed by atoms with Gasteiger partial charge in [-0.2, -0.15) is 0 Å². The number of imide groups is 1. The van der Waals surface area contributed by atoms with Crippen LogP contribution >= 0.6 is 46.4 Å². The number of hydrogen-bond donors (Lipinski definition) is 1. The van der Waals surface area contributed by atoms with Crippen molar-refractivity contribution in [2.45, 2.75) is 6.54 Å². The molecule has 0 unspecified atom stereocenters. The van der Waals surface area contributed by atoms with Gasteiger partial charge in [0.1, 0.15) is 6.54 Å². The molecule has 0 bridgehead atoms. The third kappa shape index (κ3) is 3.90. The highest BCUT2D eigenvalue weighted by Gasteiger charge is 2.42. The van der Waals surface area contributed by atoms with Crippen molar-refractivity contribution in [2.24, 2.45) is 0 Å². The summed E-state index contributed by atoms with van der Waals surface area (Å²) in [5.74, 6) is -1.07. The highest BCUT2D eigenvalue weighted by molar-refractivity contribution is 6.55. The summed E-state index contributed by atoms with van der Waals surface area (Å²) in [6.45, 7) is -0.386. The summed E-state index contributed by atoms with van der Waals surface area (Å²) in [6.07, 6.45) is 0. The molecule has 11 heteroatoms. The van der Waals surface area contributed by atoms with Crippen LogP contribution in [0.5, 0.6) is 11.5 Å². The number of amides is 3. The van der Waals surface area contributed by atoms with E-state index >= 15 is 0 Å². The second-order valence-corrected chi connectivity index (χ2v) is 7.68. The number of hydrogen-bond acceptors (Lipinski definition) is 5. The number of carbonyl (C=O) groups excluding carboxylic acids is 3. The van der Waals surface area contributed by atoms with Gasteiger partial charge in [0.25, 0.3) is 11.8 Å². The van der Waals surface area contributed by atoms with E-state index in [1.807, 2.05) is 0 Å². The van der Waals surface area contributed by atoms with Crippen molar-refractivity contribution in [3.63, 3.8) is 0 Å². The number of ether oxygens (including phenoxy) is 2. The Labute approximate surface area is 191 Å². The molecule has 7 nitrogen and oxygen atoms in total. The number of halogens is 4. The average molecular weight is 492 g/mol. The van der Waals surface area contributed by atoms with Gasteiger partial charge < -0.3 is 14.8 Å². The molecular formula is C19H14Cl4N2O5. The van der Waals surface area contributed by atoms with Crippen molar-refractivity contribution in [3.05, 3.63) is 55.0 Å². The molecule has 0 aromatic heterocycles. The quantitative estimate of drug-likeness (QED) is 0.371. The highest BCUT2D eigenvalue weighted by Crippen LogP contribution is 2.44. The second kappa shape index (κ2) is 8.89. The Morgan fingerprint density at radius 2 is 1.43 bits per heavy atom. The van der Waals surface area contributed by atoms with Crippen LogP contribution in [0.4, 0.5) is 0 Å². The van der Waals surface area contributed by atoms with E-state index in [0.29, 0.717) is 11.5 Å². The van der Waals surface area contributed by atoms with E-state index in [2.05, 4.69) is 5.32 Å². The van der Waals surface area contributed by atoms with E-state index in [0.717, 1.165) is 10.5 Å². The average Bonchev–Trinajstić information content (AvgIpc) is 2.99. The van der Waals surface area contributed by atoms with Gasteiger partial charge in [-0.3, -0.25) is 19.3 Å². The fourth-order valence-corrected chi connectivity index (χ4v) is 3.94. The molecular weight excluding hydrogens is 478 g/mol. The van der Waals surface area contributed by atoms with E-state index < -0.39 is 24.3 Å². The highest BCUT2D eigenvalue weighted by atomic mass is 35.5. The van der Waals surface area contributed by atoms with E-state index in [1.165, 1.54) is 14.2 Å². The van der Waals surface area contributed by atoms with Gasteiger partial charge in [-0.05, 0) is 17.7 Å². The summed E-state index contributed by atoms with van der Waals surface area (Å²) in [4.78, 5) is 38.4. The molecule has 30 heavy (non-hydrogen) atoms.